The summed E-state index contributed by atoms with van der Waals surface area (Å²) in [6, 6.07) is 88.1. The Morgan fingerprint density at radius 2 is 0.540 bits per heavy atom. The lowest BCUT2D eigenvalue weighted by Gasteiger charge is -2.25. The molecule has 2 fully saturated rings. The van der Waals surface area contributed by atoms with Gasteiger partial charge in [-0.2, -0.15) is 0 Å². The van der Waals surface area contributed by atoms with Crippen LogP contribution >= 0.6 is 0 Å². The normalized spacial score (nSPS) is 13.4. The smallest absolute Gasteiger partial charge is 0.115 e. The van der Waals surface area contributed by atoms with Gasteiger partial charge in [0.1, 0.15) is 71.2 Å². The second-order valence-electron chi connectivity index (χ2n) is 51.4. The maximum atomic E-state index is 9.05. The molecule has 11 nitrogen and oxygen atoms in total. The number of hydrogen-bond acceptors (Lipinski definition) is 1. The molecule has 0 aromatic heterocycles. The predicted molar refractivity (Wildman–Crippen MR) is 601 cm³/mol. The van der Waals surface area contributed by atoms with Crippen LogP contribution < -0.4 is 0 Å². The van der Waals surface area contributed by atoms with Crippen LogP contribution in [0.15, 0.2) is 243 Å². The fourth-order valence-electron chi connectivity index (χ4n) is 16.9. The largest absolute Gasteiger partial charge is 0.508 e. The summed E-state index contributed by atoms with van der Waals surface area (Å²) in [5, 5.41) is 9.05. The molecule has 758 valence electrons. The quantitative estimate of drug-likeness (QED) is 0.0536. The van der Waals surface area contributed by atoms with Crippen LogP contribution in [-0.2, 0) is 83.7 Å². The summed E-state index contributed by atoms with van der Waals surface area (Å²) in [6.07, 6.45) is 16.3. The molecule has 0 bridgehead atoms. The Morgan fingerprint density at radius 3 is 0.832 bits per heavy atom. The van der Waals surface area contributed by atoms with E-state index in [-0.39, 0.29) is 5.41 Å². The van der Waals surface area contributed by atoms with Gasteiger partial charge in [0.05, 0.1) is 211 Å². The van der Waals surface area contributed by atoms with Gasteiger partial charge in [-0.1, -0.05) is 317 Å². The van der Waals surface area contributed by atoms with E-state index in [1.54, 1.807) is 23.3 Å². The molecule has 11 heteroatoms. The molecular formula is C126H208N10O+10. The lowest BCUT2D eigenvalue weighted by molar-refractivity contribution is -0.884. The van der Waals surface area contributed by atoms with Crippen molar-refractivity contribution in [2.75, 3.05) is 211 Å². The molecule has 1 N–H and O–H groups in total. The summed E-state index contributed by atoms with van der Waals surface area (Å²) in [5.41, 5.74) is 27.3. The summed E-state index contributed by atoms with van der Waals surface area (Å²) >= 11 is 0. The average Bonchev–Trinajstić information content (AvgIpc) is 1.66. The van der Waals surface area contributed by atoms with Gasteiger partial charge in [0.2, 0.25) is 0 Å². The molecule has 0 aliphatic heterocycles. The average molecular weight is 1880 g/mol. The van der Waals surface area contributed by atoms with Gasteiger partial charge < -0.3 is 49.9 Å². The maximum absolute atomic E-state index is 9.05. The second-order valence-corrected chi connectivity index (χ2v) is 51.4. The van der Waals surface area contributed by atoms with Crippen LogP contribution in [0.5, 0.6) is 5.75 Å². The highest BCUT2D eigenvalue weighted by Gasteiger charge is 2.22. The van der Waals surface area contributed by atoms with Crippen molar-refractivity contribution < 1.29 is 49.9 Å². The zero-order valence-electron chi connectivity index (χ0n) is 95.8. The third-order valence-corrected chi connectivity index (χ3v) is 23.3. The molecule has 10 aromatic rings. The first-order chi connectivity index (χ1) is 63.1. The van der Waals surface area contributed by atoms with Crippen molar-refractivity contribution in [3.8, 4) is 5.75 Å². The number of hydrogen-bond donors (Lipinski definition) is 1. The molecule has 0 radical (unpaired) electrons. The molecular weight excluding hydrogens is 1670 g/mol. The van der Waals surface area contributed by atoms with Crippen LogP contribution in [0.25, 0.3) is 0 Å². The Labute approximate surface area is 845 Å². The molecule has 0 heterocycles. The molecule has 2 aliphatic carbocycles. The first-order valence-corrected chi connectivity index (χ1v) is 51.6. The van der Waals surface area contributed by atoms with Crippen molar-refractivity contribution in [2.45, 2.75) is 235 Å². The van der Waals surface area contributed by atoms with Gasteiger partial charge in [0.25, 0.3) is 0 Å². The molecule has 0 saturated heterocycles. The van der Waals surface area contributed by atoms with Crippen LogP contribution in [0.4, 0.5) is 0 Å². The first kappa shape index (κ1) is 123. The number of aryl methyl sites for hydroxylation is 5. The molecule has 0 amide bonds. The highest BCUT2D eigenvalue weighted by atomic mass is 16.3. The van der Waals surface area contributed by atoms with Crippen molar-refractivity contribution in [1.29, 1.82) is 0 Å². The third-order valence-electron chi connectivity index (χ3n) is 23.3. The van der Waals surface area contributed by atoms with E-state index in [0.717, 1.165) is 129 Å². The molecule has 2 aliphatic rings. The van der Waals surface area contributed by atoms with Gasteiger partial charge >= 0.3 is 0 Å². The van der Waals surface area contributed by atoms with Crippen LogP contribution in [-0.4, -0.2) is 261 Å². The summed E-state index contributed by atoms with van der Waals surface area (Å²) in [5.74, 6) is 2.65. The van der Waals surface area contributed by atoms with Gasteiger partial charge in [0, 0.05) is 55.6 Å². The fourth-order valence-corrected chi connectivity index (χ4v) is 16.9. The molecule has 2 saturated carbocycles. The van der Waals surface area contributed by atoms with Gasteiger partial charge in [-0.05, 0) is 146 Å². The van der Waals surface area contributed by atoms with Crippen molar-refractivity contribution in [1.82, 2.24) is 0 Å². The van der Waals surface area contributed by atoms with E-state index in [0.29, 0.717) is 11.7 Å². The maximum Gasteiger partial charge on any atom is 0.115 e. The SMILES string of the molecule is CC(C)(C)c1ccc(C[N+](C)(C)C)cc1.CC(C)c1ccc(C[N+](C)(C)C)cc1.CCCc1ccc(C[N+](C)(C)C)cc1.CCc1ccc(C[N+](C)(C)C)cc1.C[N+](C)(C)Cc1ccc(C2CCCC2)cc1.C[N+](C)(C)Cc1ccc(C2CCCCC2)cc1.C[N+](C)(C)Cc1ccc(O)cc1.Cc1ccc(C[N+](C)(C)C)cc1.Cc1cccc(C[N+](C)(C)C)c1.Cc1ccccc1C[N+](C)(C)C. The molecule has 10 aromatic carbocycles. The predicted octanol–water partition coefficient (Wildman–Crippen LogP) is 27.2. The molecule has 0 spiro atoms. The van der Waals surface area contributed by atoms with Gasteiger partial charge in [-0.15, -0.1) is 0 Å². The minimum absolute atomic E-state index is 0.259. The lowest BCUT2D eigenvalue weighted by atomic mass is 9.84. The van der Waals surface area contributed by atoms with E-state index in [1.165, 1.54) is 165 Å². The standard InChI is InChI=1S/C16H26N.C15H24N.C14H24N.2C13H22N.C12H20N.3C11H18N.C10H15NO/c1-17(2,3)13-14-9-11-16(12-10-14)15-7-5-4-6-8-15;1-16(2,3)12-13-8-10-15(11-9-13)14-6-4-5-7-14;1-14(2,3)13-9-7-12(8-10-13)11-15(4,5)6;1-11(2)13-8-6-12(7-9-13)10-14(3,4)5;1-5-6-12-7-9-13(10-8-12)11-14(2,3)4;1-5-11-6-8-12(9-7-11)10-13(2,3)4;1-10-5-7-11(8-6-10)9-12(2,3)4;1-10-6-5-7-11(8-10)9-12(2,3)4;1-10-7-5-6-8-11(10)9-12(2,3)4;1-11(2,3)8-9-4-6-10(12)7-5-9/h9-12,15H,4-8,13H2,1-3H3;8-11,14H,4-7,12H2,1-3H3;7-10H,11H2,1-6H3;6-9,11H,10H2,1-5H3;7-10H,5-6,11H2,1-4H3;6-9H,5,10H2,1-4H3;3*5-8H,9H2,1-4H3;4-7H,8H2,1-3H3/q9*+1;/p+1. The van der Waals surface area contributed by atoms with E-state index >= 15 is 0 Å². The van der Waals surface area contributed by atoms with Crippen LogP contribution in [0, 0.1) is 20.8 Å². The molecule has 12 rings (SSSR count). The summed E-state index contributed by atoms with van der Waals surface area (Å²) in [6.45, 7) is 33.0. The number of rotatable bonds is 26. The topological polar surface area (TPSA) is 20.2 Å². The number of aromatic hydroxyl groups is 1. The van der Waals surface area contributed by atoms with E-state index in [2.05, 4.69) is 499 Å². The van der Waals surface area contributed by atoms with E-state index in [1.807, 2.05) is 12.1 Å². The highest BCUT2D eigenvalue weighted by Crippen LogP contribution is 2.35. The minimum Gasteiger partial charge on any atom is -0.508 e. The van der Waals surface area contributed by atoms with E-state index < -0.39 is 0 Å². The minimum atomic E-state index is 0.259. The number of quaternary nitrogens is 10. The summed E-state index contributed by atoms with van der Waals surface area (Å²) < 4.78 is 9.84. The molecule has 137 heavy (non-hydrogen) atoms. The number of phenolic OH excluding ortho intramolecular Hbond substituents is 1. The highest BCUT2D eigenvalue weighted by molar-refractivity contribution is 5.32. The van der Waals surface area contributed by atoms with Crippen molar-refractivity contribution in [3.63, 3.8) is 0 Å². The number of benzene rings is 10. The Balaban J connectivity index is 0.000000393. The van der Waals surface area contributed by atoms with Crippen molar-refractivity contribution in [3.05, 3.63) is 348 Å². The van der Waals surface area contributed by atoms with E-state index in [9.17, 15) is 0 Å². The first-order valence-electron chi connectivity index (χ1n) is 51.6. The van der Waals surface area contributed by atoms with Crippen LogP contribution in [0.1, 0.15) is 236 Å². The van der Waals surface area contributed by atoms with Crippen molar-refractivity contribution >= 4 is 0 Å². The third kappa shape index (κ3) is 61.7. The van der Waals surface area contributed by atoms with E-state index in [4.69, 9.17) is 5.11 Å². The number of nitrogens with zero attached hydrogens (tertiary/aromatic N) is 10. The Morgan fingerprint density at radius 1 is 0.270 bits per heavy atom. The lowest BCUT2D eigenvalue weighted by Crippen LogP contribution is -2.33. The zero-order chi connectivity index (χ0) is 104. The van der Waals surface area contributed by atoms with Crippen molar-refractivity contribution in [2.24, 2.45) is 0 Å². The van der Waals surface area contributed by atoms with Gasteiger partial charge in [-0.25, -0.2) is 0 Å². The Kier molecular flexibility index (Phi) is 51.5. The monoisotopic (exact) mass is 1880 g/mol. The van der Waals surface area contributed by atoms with Gasteiger partial charge in [0.15, 0.2) is 0 Å². The number of phenols is 1. The molecule has 0 atom stereocenters. The fraction of sp³-hybridized carbons (Fsp3) is 0.524. The second kappa shape index (κ2) is 57.5. The van der Waals surface area contributed by atoms with Crippen LogP contribution in [0.3, 0.4) is 0 Å². The zero-order valence-corrected chi connectivity index (χ0v) is 95.8. The summed E-state index contributed by atoms with van der Waals surface area (Å²) in [4.78, 5) is 0. The Hall–Kier alpha value is -8.40. The Bertz CT molecular complexity index is 4800. The molecule has 0 unspecified atom stereocenters. The van der Waals surface area contributed by atoms with Gasteiger partial charge in [-0.3, -0.25) is 0 Å². The van der Waals surface area contributed by atoms with Crippen LogP contribution in [0.2, 0.25) is 0 Å². The summed E-state index contributed by atoms with van der Waals surface area (Å²) in [7, 11) is 66.4.